The third-order valence-electron chi connectivity index (χ3n) is 3.28. The predicted molar refractivity (Wildman–Crippen MR) is 102 cm³/mol. The molecule has 0 aromatic carbocycles. The summed E-state index contributed by atoms with van der Waals surface area (Å²) in [5.41, 5.74) is 0. The summed E-state index contributed by atoms with van der Waals surface area (Å²) in [6.45, 7) is 11.0. The van der Waals surface area contributed by atoms with Crippen LogP contribution >= 0.6 is 24.0 Å². The molecule has 1 aromatic heterocycles. The maximum absolute atomic E-state index is 4.60. The highest BCUT2D eigenvalue weighted by Gasteiger charge is 2.02. The van der Waals surface area contributed by atoms with E-state index >= 15 is 0 Å². The van der Waals surface area contributed by atoms with Crippen LogP contribution in [-0.4, -0.2) is 54.7 Å². The Morgan fingerprint density at radius 1 is 1.24 bits per heavy atom. The van der Waals surface area contributed by atoms with E-state index in [9.17, 15) is 0 Å². The first-order chi connectivity index (χ1) is 9.63. The van der Waals surface area contributed by atoms with Gasteiger partial charge in [0.2, 0.25) is 0 Å². The van der Waals surface area contributed by atoms with Crippen LogP contribution in [0, 0.1) is 0 Å². The van der Waals surface area contributed by atoms with Crippen LogP contribution in [-0.2, 0) is 6.54 Å². The van der Waals surface area contributed by atoms with Gasteiger partial charge in [0.15, 0.2) is 5.96 Å². The molecule has 2 N–H and O–H groups in total. The molecule has 0 unspecified atom stereocenters. The molecule has 0 amide bonds. The fraction of sp³-hybridized carbons (Fsp3) is 0.667. The summed E-state index contributed by atoms with van der Waals surface area (Å²) < 4.78 is 2.16. The smallest absolute Gasteiger partial charge is 0.191 e. The standard InChI is InChI=1S/C15H29N5.HI/c1-5-16-15(17-8-12-19(4)14(2)3)18-9-13-20-10-6-7-11-20;/h6-7,10-11,14H,5,8-9,12-13H2,1-4H3,(H2,16,17,18);1H. The second-order valence-electron chi connectivity index (χ2n) is 5.18. The van der Waals surface area contributed by atoms with E-state index in [1.54, 1.807) is 0 Å². The maximum atomic E-state index is 4.60. The van der Waals surface area contributed by atoms with Gasteiger partial charge in [-0.25, -0.2) is 0 Å². The van der Waals surface area contributed by atoms with E-state index in [0.717, 1.165) is 38.7 Å². The van der Waals surface area contributed by atoms with Gasteiger partial charge in [0.25, 0.3) is 0 Å². The molecule has 6 heteroatoms. The van der Waals surface area contributed by atoms with Crippen molar-refractivity contribution in [3.05, 3.63) is 24.5 Å². The molecule has 1 heterocycles. The molecular formula is C15H30IN5. The lowest BCUT2D eigenvalue weighted by atomic mass is 10.3. The van der Waals surface area contributed by atoms with Crippen molar-refractivity contribution in [3.63, 3.8) is 0 Å². The van der Waals surface area contributed by atoms with Crippen LogP contribution in [0.25, 0.3) is 0 Å². The van der Waals surface area contributed by atoms with E-state index in [4.69, 9.17) is 0 Å². The topological polar surface area (TPSA) is 44.6 Å². The van der Waals surface area contributed by atoms with Crippen LogP contribution in [0.3, 0.4) is 0 Å². The van der Waals surface area contributed by atoms with Gasteiger partial charge in [-0.3, -0.25) is 4.99 Å². The number of likely N-dealkylation sites (N-methyl/N-ethyl adjacent to an activating group) is 1. The highest BCUT2D eigenvalue weighted by atomic mass is 127. The Morgan fingerprint density at radius 3 is 2.48 bits per heavy atom. The van der Waals surface area contributed by atoms with Gasteiger partial charge in [0.05, 0.1) is 6.54 Å². The molecule has 0 aliphatic carbocycles. The molecular weight excluding hydrogens is 377 g/mol. The Hall–Kier alpha value is -0.760. The van der Waals surface area contributed by atoms with Gasteiger partial charge in [0, 0.05) is 44.6 Å². The first kappa shape index (κ1) is 20.2. The Labute approximate surface area is 146 Å². The zero-order valence-electron chi connectivity index (χ0n) is 13.7. The molecule has 0 aliphatic rings. The van der Waals surface area contributed by atoms with Crippen LogP contribution in [0.4, 0.5) is 0 Å². The molecule has 0 atom stereocenters. The van der Waals surface area contributed by atoms with Crippen molar-refractivity contribution in [1.82, 2.24) is 20.1 Å². The van der Waals surface area contributed by atoms with E-state index in [-0.39, 0.29) is 24.0 Å². The molecule has 0 radical (unpaired) electrons. The van der Waals surface area contributed by atoms with Gasteiger partial charge in [-0.2, -0.15) is 0 Å². The summed E-state index contributed by atoms with van der Waals surface area (Å²) in [5, 5.41) is 6.64. The van der Waals surface area contributed by atoms with Gasteiger partial charge in [-0.15, -0.1) is 24.0 Å². The first-order valence-electron chi connectivity index (χ1n) is 7.46. The fourth-order valence-corrected chi connectivity index (χ4v) is 1.74. The number of rotatable bonds is 8. The minimum absolute atomic E-state index is 0. The summed E-state index contributed by atoms with van der Waals surface area (Å²) in [6, 6.07) is 4.65. The first-order valence-corrected chi connectivity index (χ1v) is 7.46. The average Bonchev–Trinajstić information content (AvgIpc) is 2.91. The normalized spacial score (nSPS) is 11.6. The number of aromatic nitrogens is 1. The summed E-state index contributed by atoms with van der Waals surface area (Å²) in [6.07, 6.45) is 4.15. The SMILES string of the molecule is CCNC(=NCCN(C)C(C)C)NCCn1cccc1.I. The molecule has 0 bridgehead atoms. The number of hydrogen-bond donors (Lipinski definition) is 2. The molecule has 122 valence electrons. The zero-order chi connectivity index (χ0) is 14.8. The fourth-order valence-electron chi connectivity index (χ4n) is 1.74. The number of nitrogens with zero attached hydrogens (tertiary/aromatic N) is 3. The lowest BCUT2D eigenvalue weighted by molar-refractivity contribution is 0.282. The molecule has 0 spiro atoms. The quantitative estimate of drug-likeness (QED) is 0.394. The molecule has 0 fully saturated rings. The van der Waals surface area contributed by atoms with E-state index in [1.165, 1.54) is 0 Å². The van der Waals surface area contributed by atoms with Gasteiger partial charge in [-0.05, 0) is 40.0 Å². The molecule has 0 saturated carbocycles. The summed E-state index contributed by atoms with van der Waals surface area (Å²) >= 11 is 0. The van der Waals surface area contributed by atoms with Crippen LogP contribution in [0.5, 0.6) is 0 Å². The molecule has 0 aliphatic heterocycles. The van der Waals surface area contributed by atoms with Crippen LogP contribution in [0.2, 0.25) is 0 Å². The third kappa shape index (κ3) is 8.98. The van der Waals surface area contributed by atoms with Crippen molar-refractivity contribution < 1.29 is 0 Å². The van der Waals surface area contributed by atoms with Gasteiger partial charge in [-0.1, -0.05) is 0 Å². The van der Waals surface area contributed by atoms with E-state index in [0.29, 0.717) is 6.04 Å². The monoisotopic (exact) mass is 407 g/mol. The molecule has 5 nitrogen and oxygen atoms in total. The second-order valence-corrected chi connectivity index (χ2v) is 5.18. The van der Waals surface area contributed by atoms with Gasteiger partial charge in [0.1, 0.15) is 0 Å². The van der Waals surface area contributed by atoms with Crippen LogP contribution in [0.1, 0.15) is 20.8 Å². The van der Waals surface area contributed by atoms with Crippen molar-refractivity contribution in [2.75, 3.05) is 33.2 Å². The highest BCUT2D eigenvalue weighted by Crippen LogP contribution is 1.92. The molecule has 0 saturated heterocycles. The summed E-state index contributed by atoms with van der Waals surface area (Å²) in [7, 11) is 2.13. The number of guanidine groups is 1. The number of nitrogens with one attached hydrogen (secondary N) is 2. The Bertz CT molecular complexity index is 375. The van der Waals surface area contributed by atoms with Crippen molar-refractivity contribution in [2.45, 2.75) is 33.4 Å². The Kier molecular flexibility index (Phi) is 11.4. The lowest BCUT2D eigenvalue weighted by Crippen LogP contribution is -2.39. The minimum atomic E-state index is 0. The van der Waals surface area contributed by atoms with Crippen molar-refractivity contribution >= 4 is 29.9 Å². The van der Waals surface area contributed by atoms with Gasteiger partial charge >= 0.3 is 0 Å². The maximum Gasteiger partial charge on any atom is 0.191 e. The third-order valence-corrected chi connectivity index (χ3v) is 3.28. The van der Waals surface area contributed by atoms with Crippen molar-refractivity contribution in [2.24, 2.45) is 4.99 Å². The summed E-state index contributed by atoms with van der Waals surface area (Å²) in [5.74, 6) is 0.900. The number of halogens is 1. The van der Waals surface area contributed by atoms with Crippen molar-refractivity contribution in [1.29, 1.82) is 0 Å². The largest absolute Gasteiger partial charge is 0.357 e. The summed E-state index contributed by atoms with van der Waals surface area (Å²) in [4.78, 5) is 6.90. The lowest BCUT2D eigenvalue weighted by Gasteiger charge is -2.20. The number of aliphatic imine (C=N–C) groups is 1. The van der Waals surface area contributed by atoms with Crippen molar-refractivity contribution in [3.8, 4) is 0 Å². The number of hydrogen-bond acceptors (Lipinski definition) is 2. The zero-order valence-corrected chi connectivity index (χ0v) is 16.0. The van der Waals surface area contributed by atoms with E-state index in [2.05, 4.69) is 65.3 Å². The Balaban J connectivity index is 0.00000400. The van der Waals surface area contributed by atoms with E-state index < -0.39 is 0 Å². The van der Waals surface area contributed by atoms with Gasteiger partial charge < -0.3 is 20.1 Å². The Morgan fingerprint density at radius 2 is 1.90 bits per heavy atom. The van der Waals surface area contributed by atoms with Crippen LogP contribution in [0.15, 0.2) is 29.5 Å². The molecule has 1 rings (SSSR count). The molecule has 1 aromatic rings. The average molecular weight is 407 g/mol. The minimum Gasteiger partial charge on any atom is -0.357 e. The molecule has 21 heavy (non-hydrogen) atoms. The highest BCUT2D eigenvalue weighted by molar-refractivity contribution is 14.0. The second kappa shape index (κ2) is 11.9. The van der Waals surface area contributed by atoms with Crippen LogP contribution < -0.4 is 10.6 Å². The predicted octanol–water partition coefficient (Wildman–Crippen LogP) is 2.00. The van der Waals surface area contributed by atoms with E-state index in [1.807, 2.05) is 12.1 Å².